The van der Waals surface area contributed by atoms with Gasteiger partial charge in [0.15, 0.2) is 0 Å². The Hall–Kier alpha value is -1.64. The van der Waals surface area contributed by atoms with Crippen LogP contribution < -0.4 is 10.5 Å². The molecule has 0 saturated carbocycles. The number of hydrogen-bond acceptors (Lipinski definition) is 6. The Morgan fingerprint density at radius 2 is 2.00 bits per heavy atom. The summed E-state index contributed by atoms with van der Waals surface area (Å²) >= 11 is 0. The van der Waals surface area contributed by atoms with Crippen molar-refractivity contribution in [3.8, 4) is 0 Å². The molecule has 0 bridgehead atoms. The number of nitrogens with two attached hydrogens (primary N) is 1. The number of aromatic nitrogens is 1. The second-order valence-electron chi connectivity index (χ2n) is 4.46. The van der Waals surface area contributed by atoms with Gasteiger partial charge in [-0.2, -0.15) is 0 Å². The molecule has 0 radical (unpaired) electrons. The standard InChI is InChI=1S/C12H17N3O4S/c1-7-11(8(2)19-15-7)6-14-20(16,17)12-4-10(5-13)18-9(12)3/h4,14H,5-6,13H2,1-3H3. The molecule has 0 unspecified atom stereocenters. The van der Waals surface area contributed by atoms with Crippen molar-refractivity contribution >= 4 is 10.0 Å². The molecule has 20 heavy (non-hydrogen) atoms. The molecular weight excluding hydrogens is 282 g/mol. The van der Waals surface area contributed by atoms with Crippen LogP contribution in [0, 0.1) is 20.8 Å². The summed E-state index contributed by atoms with van der Waals surface area (Å²) in [6.45, 7) is 5.35. The second kappa shape index (κ2) is 5.39. The number of furan rings is 1. The maximum absolute atomic E-state index is 12.2. The van der Waals surface area contributed by atoms with Gasteiger partial charge >= 0.3 is 0 Å². The van der Waals surface area contributed by atoms with E-state index in [1.54, 1.807) is 20.8 Å². The van der Waals surface area contributed by atoms with Crippen LogP contribution >= 0.6 is 0 Å². The van der Waals surface area contributed by atoms with Crippen molar-refractivity contribution in [1.82, 2.24) is 9.88 Å². The highest BCUT2D eigenvalue weighted by atomic mass is 32.2. The van der Waals surface area contributed by atoms with Gasteiger partial charge in [-0.3, -0.25) is 0 Å². The van der Waals surface area contributed by atoms with E-state index in [9.17, 15) is 8.42 Å². The third-order valence-electron chi connectivity index (χ3n) is 3.03. The molecule has 0 saturated heterocycles. The van der Waals surface area contributed by atoms with Crippen molar-refractivity contribution in [3.63, 3.8) is 0 Å². The number of rotatable bonds is 5. The third-order valence-corrected chi connectivity index (χ3v) is 4.54. The fraction of sp³-hybridized carbons (Fsp3) is 0.417. The van der Waals surface area contributed by atoms with E-state index in [2.05, 4.69) is 9.88 Å². The van der Waals surface area contributed by atoms with E-state index in [0.717, 1.165) is 5.56 Å². The maximum Gasteiger partial charge on any atom is 0.244 e. The second-order valence-corrected chi connectivity index (χ2v) is 6.20. The van der Waals surface area contributed by atoms with Crippen LogP contribution in [0.1, 0.15) is 28.5 Å². The van der Waals surface area contributed by atoms with E-state index in [4.69, 9.17) is 14.7 Å². The molecule has 0 fully saturated rings. The molecule has 2 heterocycles. The molecule has 2 rings (SSSR count). The first kappa shape index (κ1) is 14.8. The van der Waals surface area contributed by atoms with Gasteiger partial charge in [-0.1, -0.05) is 5.16 Å². The lowest BCUT2D eigenvalue weighted by molar-refractivity contribution is 0.392. The van der Waals surface area contributed by atoms with Crippen LogP contribution in [0.15, 0.2) is 19.9 Å². The molecule has 0 aromatic carbocycles. The Labute approximate surface area is 117 Å². The average molecular weight is 299 g/mol. The Morgan fingerprint density at radius 3 is 2.50 bits per heavy atom. The van der Waals surface area contributed by atoms with Crippen LogP contribution in [0.3, 0.4) is 0 Å². The van der Waals surface area contributed by atoms with E-state index < -0.39 is 10.0 Å². The van der Waals surface area contributed by atoms with Gasteiger partial charge in [0, 0.05) is 18.2 Å². The maximum atomic E-state index is 12.2. The van der Waals surface area contributed by atoms with Gasteiger partial charge in [0.25, 0.3) is 0 Å². The van der Waals surface area contributed by atoms with Crippen molar-refractivity contribution in [1.29, 1.82) is 0 Å². The molecule has 2 aromatic heterocycles. The third kappa shape index (κ3) is 2.77. The minimum atomic E-state index is -3.66. The lowest BCUT2D eigenvalue weighted by atomic mass is 10.2. The highest BCUT2D eigenvalue weighted by Gasteiger charge is 2.22. The molecule has 2 aromatic rings. The number of hydrogen-bond donors (Lipinski definition) is 2. The van der Waals surface area contributed by atoms with Gasteiger partial charge in [0.05, 0.1) is 12.2 Å². The van der Waals surface area contributed by atoms with Crippen molar-refractivity contribution in [3.05, 3.63) is 34.6 Å². The first-order chi connectivity index (χ1) is 9.35. The van der Waals surface area contributed by atoms with Gasteiger partial charge < -0.3 is 14.7 Å². The highest BCUT2D eigenvalue weighted by Crippen LogP contribution is 2.20. The number of aryl methyl sites for hydroxylation is 3. The molecule has 3 N–H and O–H groups in total. The number of nitrogens with zero attached hydrogens (tertiary/aromatic N) is 1. The summed E-state index contributed by atoms with van der Waals surface area (Å²) in [5, 5.41) is 3.78. The molecule has 0 amide bonds. The fourth-order valence-electron chi connectivity index (χ4n) is 1.89. The zero-order valence-electron chi connectivity index (χ0n) is 11.6. The zero-order valence-corrected chi connectivity index (χ0v) is 12.4. The molecule has 0 aliphatic heterocycles. The van der Waals surface area contributed by atoms with Crippen LogP contribution in [0.4, 0.5) is 0 Å². The topological polar surface area (TPSA) is 111 Å². The monoisotopic (exact) mass is 299 g/mol. The SMILES string of the molecule is Cc1noc(C)c1CNS(=O)(=O)c1cc(CN)oc1C. The molecule has 0 aliphatic carbocycles. The summed E-state index contributed by atoms with van der Waals surface area (Å²) in [7, 11) is -3.66. The predicted octanol–water partition coefficient (Wildman–Crippen LogP) is 1.13. The summed E-state index contributed by atoms with van der Waals surface area (Å²) < 4.78 is 37.2. The summed E-state index contributed by atoms with van der Waals surface area (Å²) in [4.78, 5) is 0.102. The lowest BCUT2D eigenvalue weighted by Crippen LogP contribution is -2.24. The summed E-state index contributed by atoms with van der Waals surface area (Å²) in [6.07, 6.45) is 0. The summed E-state index contributed by atoms with van der Waals surface area (Å²) in [6, 6.07) is 1.44. The van der Waals surface area contributed by atoms with Gasteiger partial charge in [0.2, 0.25) is 10.0 Å². The molecule has 0 spiro atoms. The number of nitrogens with one attached hydrogen (secondary N) is 1. The van der Waals surface area contributed by atoms with Crippen LogP contribution in [-0.4, -0.2) is 13.6 Å². The van der Waals surface area contributed by atoms with Crippen LogP contribution in [0.25, 0.3) is 0 Å². The molecule has 0 aliphatic rings. The van der Waals surface area contributed by atoms with Crippen LogP contribution in [-0.2, 0) is 23.1 Å². The minimum absolute atomic E-state index is 0.102. The normalized spacial score (nSPS) is 12.0. The predicted molar refractivity (Wildman–Crippen MR) is 71.3 cm³/mol. The Balaban J connectivity index is 2.21. The summed E-state index contributed by atoms with van der Waals surface area (Å²) in [5.74, 6) is 1.34. The van der Waals surface area contributed by atoms with E-state index >= 15 is 0 Å². The van der Waals surface area contributed by atoms with Crippen LogP contribution in [0.5, 0.6) is 0 Å². The van der Waals surface area contributed by atoms with Gasteiger partial charge in [0.1, 0.15) is 22.2 Å². The van der Waals surface area contributed by atoms with Crippen molar-refractivity contribution < 1.29 is 17.4 Å². The zero-order chi connectivity index (χ0) is 14.9. The van der Waals surface area contributed by atoms with E-state index in [1.807, 2.05) is 0 Å². The quantitative estimate of drug-likeness (QED) is 0.856. The highest BCUT2D eigenvalue weighted by molar-refractivity contribution is 7.89. The van der Waals surface area contributed by atoms with Gasteiger partial charge in [-0.15, -0.1) is 0 Å². The van der Waals surface area contributed by atoms with Gasteiger partial charge in [-0.25, -0.2) is 13.1 Å². The van der Waals surface area contributed by atoms with E-state index in [-0.39, 0.29) is 18.0 Å². The Morgan fingerprint density at radius 1 is 1.30 bits per heavy atom. The largest absolute Gasteiger partial charge is 0.464 e. The first-order valence-corrected chi connectivity index (χ1v) is 7.54. The molecule has 8 heteroatoms. The van der Waals surface area contributed by atoms with Crippen molar-refractivity contribution in [2.24, 2.45) is 5.73 Å². The Kier molecular flexibility index (Phi) is 3.98. The summed E-state index contributed by atoms with van der Waals surface area (Å²) in [5.41, 5.74) is 6.83. The molecule has 7 nitrogen and oxygen atoms in total. The average Bonchev–Trinajstić information content (AvgIpc) is 2.92. The fourth-order valence-corrected chi connectivity index (χ4v) is 3.09. The molecular formula is C12H17N3O4S. The van der Waals surface area contributed by atoms with Crippen molar-refractivity contribution in [2.45, 2.75) is 38.8 Å². The smallest absolute Gasteiger partial charge is 0.244 e. The lowest BCUT2D eigenvalue weighted by Gasteiger charge is -2.05. The number of sulfonamides is 1. The van der Waals surface area contributed by atoms with Gasteiger partial charge in [-0.05, 0) is 20.8 Å². The molecule has 110 valence electrons. The van der Waals surface area contributed by atoms with E-state index in [1.165, 1.54) is 6.07 Å². The van der Waals surface area contributed by atoms with Crippen LogP contribution in [0.2, 0.25) is 0 Å². The molecule has 0 atom stereocenters. The van der Waals surface area contributed by atoms with Crippen molar-refractivity contribution in [2.75, 3.05) is 0 Å². The Bertz CT molecular complexity index is 696. The van der Waals surface area contributed by atoms with E-state index in [0.29, 0.717) is 23.0 Å². The minimum Gasteiger partial charge on any atom is -0.464 e. The first-order valence-electron chi connectivity index (χ1n) is 6.06.